The number of rotatable bonds is 10. The van der Waals surface area contributed by atoms with E-state index in [9.17, 15) is 0 Å². The number of hydrogen-bond acceptors (Lipinski definition) is 5. The van der Waals surface area contributed by atoms with Crippen LogP contribution < -0.4 is 20.1 Å². The number of nitrogens with zero attached hydrogens (tertiary/aromatic N) is 2. The van der Waals surface area contributed by atoms with E-state index in [1.807, 2.05) is 30.5 Å². The Morgan fingerprint density at radius 2 is 2.06 bits per heavy atom. The molecule has 0 atom stereocenters. The van der Waals surface area contributed by atoms with Gasteiger partial charge in [0.05, 0.1) is 13.2 Å². The number of aromatic nitrogens is 1. The van der Waals surface area contributed by atoms with E-state index in [1.165, 1.54) is 18.4 Å². The summed E-state index contributed by atoms with van der Waals surface area (Å²) in [6.45, 7) is 4.48. The number of nitrogens with one attached hydrogen (secondary N) is 2. The van der Waals surface area contributed by atoms with Gasteiger partial charge in [0.25, 0.3) is 0 Å². The molecule has 2 aromatic rings. The number of ether oxygens (including phenoxy) is 3. The second kappa shape index (κ2) is 11.6. The van der Waals surface area contributed by atoms with E-state index in [1.54, 1.807) is 6.20 Å². The minimum atomic E-state index is 0.668. The number of anilines is 1. The summed E-state index contributed by atoms with van der Waals surface area (Å²) in [6.07, 6.45) is 9.01. The molecule has 1 fully saturated rings. The molecule has 166 valence electrons. The lowest BCUT2D eigenvalue weighted by Gasteiger charge is -2.15. The van der Waals surface area contributed by atoms with Crippen LogP contribution in [0.15, 0.2) is 47.7 Å². The van der Waals surface area contributed by atoms with Crippen molar-refractivity contribution in [1.82, 2.24) is 10.3 Å². The molecule has 2 N–H and O–H groups in total. The van der Waals surface area contributed by atoms with Crippen molar-refractivity contribution in [2.24, 2.45) is 10.9 Å². The predicted octanol–water partition coefficient (Wildman–Crippen LogP) is 3.66. The fourth-order valence-corrected chi connectivity index (χ4v) is 3.28. The first-order valence-electron chi connectivity index (χ1n) is 11.3. The molecule has 0 bridgehead atoms. The Labute approximate surface area is 184 Å². The molecule has 0 radical (unpaired) electrons. The van der Waals surface area contributed by atoms with E-state index in [4.69, 9.17) is 19.2 Å². The van der Waals surface area contributed by atoms with Gasteiger partial charge in [-0.05, 0) is 55.4 Å². The molecule has 7 nitrogen and oxygen atoms in total. The molecule has 0 amide bonds. The molecule has 0 unspecified atom stereocenters. The van der Waals surface area contributed by atoms with Crippen LogP contribution >= 0.6 is 0 Å². The molecule has 1 aromatic carbocycles. The van der Waals surface area contributed by atoms with Gasteiger partial charge in [0.2, 0.25) is 0 Å². The second-order valence-corrected chi connectivity index (χ2v) is 7.98. The van der Waals surface area contributed by atoms with Gasteiger partial charge in [-0.1, -0.05) is 6.07 Å². The van der Waals surface area contributed by atoms with Crippen molar-refractivity contribution in [2.75, 3.05) is 44.8 Å². The van der Waals surface area contributed by atoms with Gasteiger partial charge in [0.15, 0.2) is 17.5 Å². The first kappa shape index (κ1) is 21.4. The van der Waals surface area contributed by atoms with E-state index < -0.39 is 0 Å². The van der Waals surface area contributed by atoms with Crippen LogP contribution in [0.25, 0.3) is 0 Å². The Balaban J connectivity index is 1.32. The maximum atomic E-state index is 5.81. The van der Waals surface area contributed by atoms with Crippen LogP contribution in [0, 0.1) is 5.92 Å². The Morgan fingerprint density at radius 3 is 2.90 bits per heavy atom. The van der Waals surface area contributed by atoms with Crippen molar-refractivity contribution in [3.05, 3.63) is 48.3 Å². The quantitative estimate of drug-likeness (QED) is 0.344. The largest absolute Gasteiger partial charge is 0.490 e. The highest BCUT2D eigenvalue weighted by atomic mass is 16.5. The molecule has 1 aromatic heterocycles. The first-order chi connectivity index (χ1) is 15.4. The van der Waals surface area contributed by atoms with Gasteiger partial charge in [-0.2, -0.15) is 0 Å². The molecule has 31 heavy (non-hydrogen) atoms. The Bertz CT molecular complexity index is 840. The average molecular weight is 425 g/mol. The van der Waals surface area contributed by atoms with Crippen LogP contribution in [0.3, 0.4) is 0 Å². The van der Waals surface area contributed by atoms with Crippen molar-refractivity contribution in [1.29, 1.82) is 0 Å². The number of guanidine groups is 1. The molecule has 0 spiro atoms. The summed E-state index contributed by atoms with van der Waals surface area (Å²) >= 11 is 0. The summed E-state index contributed by atoms with van der Waals surface area (Å²) in [5, 5.41) is 6.83. The van der Waals surface area contributed by atoms with Gasteiger partial charge in [0, 0.05) is 56.9 Å². The zero-order valence-corrected chi connectivity index (χ0v) is 18.0. The van der Waals surface area contributed by atoms with Crippen LogP contribution in [0.5, 0.6) is 11.5 Å². The predicted molar refractivity (Wildman–Crippen MR) is 122 cm³/mol. The maximum absolute atomic E-state index is 5.81. The third-order valence-electron chi connectivity index (χ3n) is 5.21. The molecule has 2 heterocycles. The highest BCUT2D eigenvalue weighted by molar-refractivity contribution is 5.94. The number of fused-ring (bicyclic) bond motifs is 1. The van der Waals surface area contributed by atoms with Gasteiger partial charge in [-0.3, -0.25) is 9.98 Å². The number of pyridine rings is 1. The van der Waals surface area contributed by atoms with Crippen LogP contribution in [-0.2, 0) is 11.2 Å². The minimum Gasteiger partial charge on any atom is -0.490 e. The molecule has 1 aliphatic carbocycles. The maximum Gasteiger partial charge on any atom is 0.195 e. The molecule has 1 saturated carbocycles. The molecule has 0 saturated heterocycles. The molecule has 1 aliphatic heterocycles. The normalized spacial score (nSPS) is 15.9. The Morgan fingerprint density at radius 1 is 1.16 bits per heavy atom. The van der Waals surface area contributed by atoms with Gasteiger partial charge >= 0.3 is 0 Å². The fraction of sp³-hybridized carbons (Fsp3) is 0.500. The second-order valence-electron chi connectivity index (χ2n) is 7.98. The van der Waals surface area contributed by atoms with Gasteiger partial charge in [-0.15, -0.1) is 0 Å². The lowest BCUT2D eigenvalue weighted by molar-refractivity contribution is 0.123. The third kappa shape index (κ3) is 7.43. The molecular weight excluding hydrogens is 392 g/mol. The van der Waals surface area contributed by atoms with Crippen molar-refractivity contribution < 1.29 is 14.2 Å². The standard InChI is InChI=1S/C24H32N4O3/c1-4-19(17-25-10-1)9-12-27-24(26-11-2-13-29-18-20-5-6-20)28-21-7-8-22-23(16-21)31-15-3-14-30-22/h1,4,7-8,10,16-17,20H,2-3,5-6,9,11-15,18H2,(H2,26,27,28). The molecule has 4 rings (SSSR count). The zero-order valence-electron chi connectivity index (χ0n) is 18.0. The molecule has 7 heteroatoms. The van der Waals surface area contributed by atoms with Gasteiger partial charge < -0.3 is 24.8 Å². The van der Waals surface area contributed by atoms with Crippen molar-refractivity contribution in [3.8, 4) is 11.5 Å². The van der Waals surface area contributed by atoms with Gasteiger partial charge in [0.1, 0.15) is 0 Å². The summed E-state index contributed by atoms with van der Waals surface area (Å²) in [7, 11) is 0. The van der Waals surface area contributed by atoms with Gasteiger partial charge in [-0.25, -0.2) is 0 Å². The lowest BCUT2D eigenvalue weighted by Crippen LogP contribution is -2.32. The summed E-state index contributed by atoms with van der Waals surface area (Å²) < 4.78 is 17.3. The lowest BCUT2D eigenvalue weighted by atomic mass is 10.2. The fourth-order valence-electron chi connectivity index (χ4n) is 3.28. The van der Waals surface area contributed by atoms with Crippen molar-refractivity contribution in [3.63, 3.8) is 0 Å². The van der Waals surface area contributed by atoms with E-state index in [0.29, 0.717) is 19.8 Å². The first-order valence-corrected chi connectivity index (χ1v) is 11.3. The third-order valence-corrected chi connectivity index (χ3v) is 5.21. The minimum absolute atomic E-state index is 0.668. The number of aliphatic imine (C=N–C) groups is 1. The Kier molecular flexibility index (Phi) is 7.99. The summed E-state index contributed by atoms with van der Waals surface area (Å²) in [5.41, 5.74) is 2.11. The van der Waals surface area contributed by atoms with Crippen LogP contribution in [-0.4, -0.2) is 50.5 Å². The van der Waals surface area contributed by atoms with Crippen LogP contribution in [0.4, 0.5) is 5.69 Å². The van der Waals surface area contributed by atoms with Crippen molar-refractivity contribution in [2.45, 2.75) is 32.1 Å². The SMILES string of the molecule is c1cncc(CCNC(=NCCCOCC2CC2)Nc2ccc3c(c2)OCCCO3)c1. The monoisotopic (exact) mass is 424 g/mol. The van der Waals surface area contributed by atoms with Crippen molar-refractivity contribution >= 4 is 11.6 Å². The van der Waals surface area contributed by atoms with E-state index >= 15 is 0 Å². The van der Waals surface area contributed by atoms with E-state index in [2.05, 4.69) is 21.7 Å². The summed E-state index contributed by atoms with van der Waals surface area (Å²) in [5.74, 6) is 3.11. The average Bonchev–Trinajstić information content (AvgIpc) is 3.63. The summed E-state index contributed by atoms with van der Waals surface area (Å²) in [4.78, 5) is 8.92. The van der Waals surface area contributed by atoms with Crippen LogP contribution in [0.1, 0.15) is 31.2 Å². The Hall–Kier alpha value is -2.80. The number of hydrogen-bond donors (Lipinski definition) is 2. The zero-order chi connectivity index (χ0) is 21.1. The topological polar surface area (TPSA) is 77.0 Å². The van der Waals surface area contributed by atoms with Crippen LogP contribution in [0.2, 0.25) is 0 Å². The number of benzene rings is 1. The highest BCUT2D eigenvalue weighted by Gasteiger charge is 2.20. The smallest absolute Gasteiger partial charge is 0.195 e. The molecule has 2 aliphatic rings. The van der Waals surface area contributed by atoms with E-state index in [0.717, 1.165) is 68.1 Å². The summed E-state index contributed by atoms with van der Waals surface area (Å²) in [6, 6.07) is 9.95. The molecular formula is C24H32N4O3. The van der Waals surface area contributed by atoms with E-state index in [-0.39, 0.29) is 0 Å². The highest BCUT2D eigenvalue weighted by Crippen LogP contribution is 2.32.